The molecule has 0 spiro atoms. The molecule has 2 aromatic heterocycles. The van der Waals surface area contributed by atoms with E-state index in [0.29, 0.717) is 33.9 Å². The zero-order chi connectivity index (χ0) is 22.9. The summed E-state index contributed by atoms with van der Waals surface area (Å²) in [4.78, 5) is 26.2. The van der Waals surface area contributed by atoms with Crippen LogP contribution in [0.1, 0.15) is 22.8 Å². The first-order valence-corrected chi connectivity index (χ1v) is 11.3. The predicted octanol–water partition coefficient (Wildman–Crippen LogP) is 4.60. The highest BCUT2D eigenvalue weighted by Crippen LogP contribution is 2.27. The lowest BCUT2D eigenvalue weighted by atomic mass is 10.1. The number of fused-ring (bicyclic) bond motifs is 3. The van der Waals surface area contributed by atoms with Gasteiger partial charge in [0, 0.05) is 5.56 Å². The Morgan fingerprint density at radius 1 is 0.970 bits per heavy atom. The highest BCUT2D eigenvalue weighted by molar-refractivity contribution is 8.00. The summed E-state index contributed by atoms with van der Waals surface area (Å²) in [5.74, 6) is -0.122. The van der Waals surface area contributed by atoms with Crippen molar-refractivity contribution in [2.24, 2.45) is 0 Å². The summed E-state index contributed by atoms with van der Waals surface area (Å²) in [6.07, 6.45) is 0. The Kier molecular flexibility index (Phi) is 5.51. The van der Waals surface area contributed by atoms with Crippen LogP contribution in [0, 0.1) is 5.82 Å². The first-order valence-electron chi connectivity index (χ1n) is 10.4. The zero-order valence-corrected chi connectivity index (χ0v) is 18.5. The van der Waals surface area contributed by atoms with E-state index in [4.69, 9.17) is 0 Å². The molecule has 1 unspecified atom stereocenters. The first-order chi connectivity index (χ1) is 16.0. The highest BCUT2D eigenvalue weighted by Gasteiger charge is 2.22. The van der Waals surface area contributed by atoms with Crippen LogP contribution in [0.2, 0.25) is 0 Å². The standard InChI is InChI=1S/C25H19FN4O2S/c1-16(22(31)18-11-13-19(26)14-12-18)33-25-28-27-24-29(15-17-7-3-2-4-8-17)23(32)20-9-5-6-10-21(20)30(24)25/h2-14,16H,15H2,1H3. The molecule has 0 saturated carbocycles. The summed E-state index contributed by atoms with van der Waals surface area (Å²) in [7, 11) is 0. The molecule has 0 aliphatic rings. The Hall–Kier alpha value is -3.78. The fourth-order valence-electron chi connectivity index (χ4n) is 3.78. The van der Waals surface area contributed by atoms with Crippen molar-refractivity contribution in [2.45, 2.75) is 23.9 Å². The molecule has 2 heterocycles. The van der Waals surface area contributed by atoms with Gasteiger partial charge in [0.05, 0.1) is 22.7 Å². The molecular formula is C25H19FN4O2S. The van der Waals surface area contributed by atoms with E-state index in [2.05, 4.69) is 10.2 Å². The smallest absolute Gasteiger partial charge is 0.263 e. The van der Waals surface area contributed by atoms with Gasteiger partial charge in [0.25, 0.3) is 5.56 Å². The molecule has 33 heavy (non-hydrogen) atoms. The van der Waals surface area contributed by atoms with E-state index in [-0.39, 0.29) is 11.3 Å². The monoisotopic (exact) mass is 458 g/mol. The molecule has 5 aromatic rings. The van der Waals surface area contributed by atoms with Crippen LogP contribution in [0.15, 0.2) is 88.8 Å². The van der Waals surface area contributed by atoms with Crippen LogP contribution in [0.25, 0.3) is 16.7 Å². The molecule has 3 aromatic carbocycles. The maximum absolute atomic E-state index is 13.3. The Morgan fingerprint density at radius 2 is 1.67 bits per heavy atom. The number of Topliss-reactive ketones (excluding diaryl/α,β-unsaturated/α-hetero) is 1. The minimum absolute atomic E-state index is 0.140. The second-order valence-electron chi connectivity index (χ2n) is 7.64. The quantitative estimate of drug-likeness (QED) is 0.275. The number of halogens is 1. The number of para-hydroxylation sites is 1. The van der Waals surface area contributed by atoms with Crippen LogP contribution in [0.4, 0.5) is 4.39 Å². The second kappa shape index (κ2) is 8.63. The van der Waals surface area contributed by atoms with Crippen molar-refractivity contribution in [3.05, 3.63) is 106 Å². The minimum atomic E-state index is -0.490. The van der Waals surface area contributed by atoms with Crippen LogP contribution in [0.5, 0.6) is 0 Å². The molecule has 0 fully saturated rings. The number of nitrogens with zero attached hydrogens (tertiary/aromatic N) is 4. The lowest BCUT2D eigenvalue weighted by molar-refractivity contribution is 0.0994. The van der Waals surface area contributed by atoms with Crippen LogP contribution >= 0.6 is 11.8 Å². The Bertz CT molecular complexity index is 1530. The summed E-state index contributed by atoms with van der Waals surface area (Å²) in [6, 6.07) is 22.5. The molecule has 0 N–H and O–H groups in total. The van der Waals surface area contributed by atoms with Crippen molar-refractivity contribution in [3.8, 4) is 0 Å². The molecule has 0 saturated heterocycles. The maximum Gasteiger partial charge on any atom is 0.263 e. The third-order valence-electron chi connectivity index (χ3n) is 5.44. The van der Waals surface area contributed by atoms with Crippen molar-refractivity contribution in [3.63, 3.8) is 0 Å². The van der Waals surface area contributed by atoms with Crippen LogP contribution < -0.4 is 5.56 Å². The van der Waals surface area contributed by atoms with E-state index in [1.54, 1.807) is 17.6 Å². The van der Waals surface area contributed by atoms with Crippen molar-refractivity contribution >= 4 is 34.2 Å². The Morgan fingerprint density at radius 3 is 2.42 bits per heavy atom. The molecule has 0 amide bonds. The van der Waals surface area contributed by atoms with Crippen LogP contribution in [0.3, 0.4) is 0 Å². The van der Waals surface area contributed by atoms with Gasteiger partial charge in [0.15, 0.2) is 10.9 Å². The van der Waals surface area contributed by atoms with Gasteiger partial charge in [0.1, 0.15) is 5.82 Å². The number of hydrogen-bond acceptors (Lipinski definition) is 5. The van der Waals surface area contributed by atoms with Gasteiger partial charge in [-0.05, 0) is 48.9 Å². The zero-order valence-electron chi connectivity index (χ0n) is 17.7. The summed E-state index contributed by atoms with van der Waals surface area (Å²) in [5.41, 5.74) is 1.92. The van der Waals surface area contributed by atoms with Crippen molar-refractivity contribution in [2.75, 3.05) is 0 Å². The Balaban J connectivity index is 1.60. The van der Waals surface area contributed by atoms with Gasteiger partial charge in [-0.25, -0.2) is 4.39 Å². The minimum Gasteiger partial charge on any atom is -0.293 e. The normalized spacial score (nSPS) is 12.3. The number of thioether (sulfide) groups is 1. The summed E-state index contributed by atoms with van der Waals surface area (Å²) >= 11 is 1.25. The molecular weight excluding hydrogens is 439 g/mol. The van der Waals surface area contributed by atoms with E-state index >= 15 is 0 Å². The van der Waals surface area contributed by atoms with E-state index in [0.717, 1.165) is 5.56 Å². The van der Waals surface area contributed by atoms with Gasteiger partial charge in [-0.1, -0.05) is 54.2 Å². The number of ketones is 1. The fourth-order valence-corrected chi connectivity index (χ4v) is 4.71. The molecule has 164 valence electrons. The van der Waals surface area contributed by atoms with Gasteiger partial charge in [-0.2, -0.15) is 0 Å². The third-order valence-corrected chi connectivity index (χ3v) is 6.48. The Labute approximate surface area is 192 Å². The molecule has 1 atom stereocenters. The number of carbonyl (C=O) groups excluding carboxylic acids is 1. The third kappa shape index (κ3) is 3.93. The largest absolute Gasteiger partial charge is 0.293 e. The average Bonchev–Trinajstić information content (AvgIpc) is 3.26. The molecule has 6 nitrogen and oxygen atoms in total. The number of benzene rings is 3. The molecule has 0 bridgehead atoms. The fraction of sp³-hybridized carbons (Fsp3) is 0.120. The molecule has 0 aliphatic heterocycles. The van der Waals surface area contributed by atoms with Gasteiger partial charge in [-0.3, -0.25) is 18.6 Å². The first kappa shape index (κ1) is 21.1. The molecule has 8 heteroatoms. The molecule has 0 radical (unpaired) electrons. The SMILES string of the molecule is CC(Sc1nnc2n(Cc3ccccc3)c(=O)c3ccccc3n12)C(=O)c1ccc(F)cc1. The number of hydrogen-bond donors (Lipinski definition) is 0. The average molecular weight is 459 g/mol. The van der Waals surface area contributed by atoms with Crippen LogP contribution in [-0.4, -0.2) is 30.2 Å². The molecule has 0 aliphatic carbocycles. The highest BCUT2D eigenvalue weighted by atomic mass is 32.2. The molecule has 5 rings (SSSR count). The van der Waals surface area contributed by atoms with E-state index in [1.807, 2.05) is 52.9 Å². The van der Waals surface area contributed by atoms with Gasteiger partial charge in [0.2, 0.25) is 5.78 Å². The lowest BCUT2D eigenvalue weighted by Gasteiger charge is -2.13. The van der Waals surface area contributed by atoms with Crippen molar-refractivity contribution < 1.29 is 9.18 Å². The predicted molar refractivity (Wildman–Crippen MR) is 126 cm³/mol. The second-order valence-corrected chi connectivity index (χ2v) is 8.95. The maximum atomic E-state index is 13.3. The van der Waals surface area contributed by atoms with Gasteiger partial charge < -0.3 is 0 Å². The summed E-state index contributed by atoms with van der Waals surface area (Å²) in [6.45, 7) is 2.13. The number of rotatable bonds is 6. The topological polar surface area (TPSA) is 69.3 Å². The van der Waals surface area contributed by atoms with E-state index in [1.165, 1.54) is 36.0 Å². The van der Waals surface area contributed by atoms with Gasteiger partial charge in [-0.15, -0.1) is 10.2 Å². The van der Waals surface area contributed by atoms with Crippen molar-refractivity contribution in [1.82, 2.24) is 19.2 Å². The number of aromatic nitrogens is 4. The number of carbonyl (C=O) groups is 1. The summed E-state index contributed by atoms with van der Waals surface area (Å²) in [5, 5.41) is 9.20. The lowest BCUT2D eigenvalue weighted by Crippen LogP contribution is -2.24. The van der Waals surface area contributed by atoms with Gasteiger partial charge >= 0.3 is 0 Å². The van der Waals surface area contributed by atoms with E-state index < -0.39 is 11.1 Å². The van der Waals surface area contributed by atoms with Crippen LogP contribution in [-0.2, 0) is 6.54 Å². The summed E-state index contributed by atoms with van der Waals surface area (Å²) < 4.78 is 16.7. The van der Waals surface area contributed by atoms with E-state index in [9.17, 15) is 14.0 Å². The van der Waals surface area contributed by atoms with Crippen molar-refractivity contribution in [1.29, 1.82) is 0 Å².